The highest BCUT2D eigenvalue weighted by Crippen LogP contribution is 2.13. The van der Waals surface area contributed by atoms with Gasteiger partial charge < -0.3 is 11.1 Å². The minimum Gasteiger partial charge on any atom is -0.385 e. The number of hydrogen-bond acceptors (Lipinski definition) is 4. The van der Waals surface area contributed by atoms with Crippen LogP contribution in [-0.2, 0) is 10.0 Å². The van der Waals surface area contributed by atoms with Gasteiger partial charge in [-0.25, -0.2) is 13.1 Å². The summed E-state index contributed by atoms with van der Waals surface area (Å²) < 4.78 is 25.3. The molecule has 6 heteroatoms. The largest absolute Gasteiger partial charge is 0.385 e. The summed E-state index contributed by atoms with van der Waals surface area (Å²) in [6.45, 7) is 1.61. The molecular formula is C12H21N3O2S. The molecule has 0 heterocycles. The molecule has 0 aliphatic rings. The summed E-state index contributed by atoms with van der Waals surface area (Å²) in [4.78, 5) is 0.277. The minimum absolute atomic E-state index is 0.277. The van der Waals surface area contributed by atoms with Gasteiger partial charge in [-0.05, 0) is 50.7 Å². The van der Waals surface area contributed by atoms with E-state index in [2.05, 4.69) is 10.0 Å². The molecule has 1 aromatic carbocycles. The molecule has 0 fully saturated rings. The standard InChI is InChI=1S/C12H21N3O2S/c1-14-18(16,17)12-7-5-11(6-8-12)15-10-4-2-3-9-13/h5-8,14-15H,2-4,9-10,13H2,1H3. The maximum atomic E-state index is 11.5. The van der Waals surface area contributed by atoms with E-state index in [1.165, 1.54) is 7.05 Å². The Labute approximate surface area is 109 Å². The van der Waals surface area contributed by atoms with E-state index in [-0.39, 0.29) is 4.90 Å². The van der Waals surface area contributed by atoms with E-state index in [9.17, 15) is 8.42 Å². The normalized spacial score (nSPS) is 11.4. The van der Waals surface area contributed by atoms with Crippen molar-refractivity contribution in [2.75, 3.05) is 25.5 Å². The Bertz CT molecular complexity index is 443. The molecule has 1 aromatic rings. The number of hydrogen-bond donors (Lipinski definition) is 3. The second kappa shape index (κ2) is 7.35. The minimum atomic E-state index is -3.34. The van der Waals surface area contributed by atoms with Gasteiger partial charge in [-0.15, -0.1) is 0 Å². The van der Waals surface area contributed by atoms with Gasteiger partial charge in [0, 0.05) is 12.2 Å². The molecule has 0 bridgehead atoms. The predicted octanol–water partition coefficient (Wildman–Crippen LogP) is 1.14. The van der Waals surface area contributed by atoms with Crippen molar-refractivity contribution < 1.29 is 8.42 Å². The highest BCUT2D eigenvalue weighted by Gasteiger charge is 2.09. The first kappa shape index (κ1) is 14.9. The fraction of sp³-hybridized carbons (Fsp3) is 0.500. The molecule has 0 amide bonds. The van der Waals surface area contributed by atoms with Gasteiger partial charge in [0.05, 0.1) is 4.90 Å². The molecular weight excluding hydrogens is 250 g/mol. The topological polar surface area (TPSA) is 84.2 Å². The molecule has 18 heavy (non-hydrogen) atoms. The van der Waals surface area contributed by atoms with Crippen LogP contribution in [0.3, 0.4) is 0 Å². The zero-order valence-electron chi connectivity index (χ0n) is 10.6. The maximum Gasteiger partial charge on any atom is 0.240 e. The number of nitrogens with two attached hydrogens (primary N) is 1. The van der Waals surface area contributed by atoms with Crippen LogP contribution in [-0.4, -0.2) is 28.6 Å². The van der Waals surface area contributed by atoms with Gasteiger partial charge in [0.15, 0.2) is 0 Å². The van der Waals surface area contributed by atoms with Gasteiger partial charge in [-0.1, -0.05) is 6.42 Å². The van der Waals surface area contributed by atoms with E-state index >= 15 is 0 Å². The molecule has 0 atom stereocenters. The Morgan fingerprint density at radius 1 is 1.11 bits per heavy atom. The summed E-state index contributed by atoms with van der Waals surface area (Å²) >= 11 is 0. The van der Waals surface area contributed by atoms with Crippen LogP contribution in [0, 0.1) is 0 Å². The third-order valence-electron chi connectivity index (χ3n) is 2.64. The third-order valence-corrected chi connectivity index (χ3v) is 4.07. The molecule has 0 unspecified atom stereocenters. The molecule has 5 nitrogen and oxygen atoms in total. The number of nitrogens with one attached hydrogen (secondary N) is 2. The smallest absolute Gasteiger partial charge is 0.240 e. The van der Waals surface area contributed by atoms with Crippen molar-refractivity contribution in [3.05, 3.63) is 24.3 Å². The molecule has 0 saturated heterocycles. The summed E-state index contributed by atoms with van der Waals surface area (Å²) in [5.41, 5.74) is 6.34. The van der Waals surface area contributed by atoms with Crippen molar-refractivity contribution in [2.45, 2.75) is 24.2 Å². The molecule has 0 saturated carbocycles. The molecule has 102 valence electrons. The second-order valence-electron chi connectivity index (χ2n) is 4.01. The first-order chi connectivity index (χ1) is 8.60. The fourth-order valence-corrected chi connectivity index (χ4v) is 2.28. The van der Waals surface area contributed by atoms with Crippen molar-refractivity contribution in [1.29, 1.82) is 0 Å². The molecule has 0 aliphatic carbocycles. The van der Waals surface area contributed by atoms with Crippen LogP contribution < -0.4 is 15.8 Å². The highest BCUT2D eigenvalue weighted by atomic mass is 32.2. The van der Waals surface area contributed by atoms with Gasteiger partial charge in [0.2, 0.25) is 10.0 Å². The van der Waals surface area contributed by atoms with Crippen LogP contribution in [0.4, 0.5) is 5.69 Å². The molecule has 0 aliphatic heterocycles. The van der Waals surface area contributed by atoms with Crippen LogP contribution in [0.5, 0.6) is 0 Å². The summed E-state index contributed by atoms with van der Waals surface area (Å²) in [5.74, 6) is 0. The molecule has 0 aromatic heterocycles. The second-order valence-corrected chi connectivity index (χ2v) is 5.89. The van der Waals surface area contributed by atoms with E-state index in [0.717, 1.165) is 38.0 Å². The van der Waals surface area contributed by atoms with Crippen molar-refractivity contribution in [3.8, 4) is 0 Å². The van der Waals surface area contributed by atoms with Crippen LogP contribution in [0.2, 0.25) is 0 Å². The Morgan fingerprint density at radius 2 is 1.78 bits per heavy atom. The zero-order chi connectivity index (χ0) is 13.4. The van der Waals surface area contributed by atoms with E-state index in [1.807, 2.05) is 0 Å². The Hall–Kier alpha value is -1.11. The van der Waals surface area contributed by atoms with E-state index in [1.54, 1.807) is 24.3 Å². The Kier molecular flexibility index (Phi) is 6.11. The first-order valence-corrected chi connectivity index (χ1v) is 7.56. The predicted molar refractivity (Wildman–Crippen MR) is 74.1 cm³/mol. The maximum absolute atomic E-state index is 11.5. The summed E-state index contributed by atoms with van der Waals surface area (Å²) in [6, 6.07) is 6.72. The van der Waals surface area contributed by atoms with Crippen LogP contribution in [0.25, 0.3) is 0 Å². The van der Waals surface area contributed by atoms with E-state index in [4.69, 9.17) is 5.73 Å². The summed E-state index contributed by atoms with van der Waals surface area (Å²) in [7, 11) is -1.94. The Morgan fingerprint density at radius 3 is 2.33 bits per heavy atom. The van der Waals surface area contributed by atoms with E-state index < -0.39 is 10.0 Å². The molecule has 1 rings (SSSR count). The monoisotopic (exact) mass is 271 g/mol. The summed E-state index contributed by atoms with van der Waals surface area (Å²) in [5, 5.41) is 3.24. The lowest BCUT2D eigenvalue weighted by Crippen LogP contribution is -2.18. The number of unbranched alkanes of at least 4 members (excludes halogenated alkanes) is 2. The molecule has 0 spiro atoms. The van der Waals surface area contributed by atoms with Crippen LogP contribution in [0.1, 0.15) is 19.3 Å². The Balaban J connectivity index is 2.46. The van der Waals surface area contributed by atoms with Gasteiger partial charge in [-0.2, -0.15) is 0 Å². The average Bonchev–Trinajstić information content (AvgIpc) is 2.39. The number of anilines is 1. The highest BCUT2D eigenvalue weighted by molar-refractivity contribution is 7.89. The van der Waals surface area contributed by atoms with Gasteiger partial charge >= 0.3 is 0 Å². The third kappa shape index (κ3) is 4.64. The van der Waals surface area contributed by atoms with Gasteiger partial charge in [0.1, 0.15) is 0 Å². The van der Waals surface area contributed by atoms with Gasteiger partial charge in [0.25, 0.3) is 0 Å². The van der Waals surface area contributed by atoms with Crippen molar-refractivity contribution in [3.63, 3.8) is 0 Å². The van der Waals surface area contributed by atoms with Crippen molar-refractivity contribution in [1.82, 2.24) is 4.72 Å². The number of rotatable bonds is 8. The van der Waals surface area contributed by atoms with E-state index in [0.29, 0.717) is 0 Å². The summed E-state index contributed by atoms with van der Waals surface area (Å²) in [6.07, 6.45) is 3.21. The molecule has 4 N–H and O–H groups in total. The lowest BCUT2D eigenvalue weighted by Gasteiger charge is -2.07. The molecule has 0 radical (unpaired) electrons. The lowest BCUT2D eigenvalue weighted by atomic mass is 10.2. The van der Waals surface area contributed by atoms with Crippen molar-refractivity contribution >= 4 is 15.7 Å². The number of sulfonamides is 1. The van der Waals surface area contributed by atoms with Crippen LogP contribution in [0.15, 0.2) is 29.2 Å². The number of benzene rings is 1. The lowest BCUT2D eigenvalue weighted by molar-refractivity contribution is 0.588. The first-order valence-electron chi connectivity index (χ1n) is 6.07. The average molecular weight is 271 g/mol. The quantitative estimate of drug-likeness (QED) is 0.619. The van der Waals surface area contributed by atoms with Crippen molar-refractivity contribution in [2.24, 2.45) is 5.73 Å². The fourth-order valence-electron chi connectivity index (χ4n) is 1.55. The van der Waals surface area contributed by atoms with Gasteiger partial charge in [-0.3, -0.25) is 0 Å². The SMILES string of the molecule is CNS(=O)(=O)c1ccc(NCCCCCN)cc1. The van der Waals surface area contributed by atoms with Crippen LogP contribution >= 0.6 is 0 Å². The zero-order valence-corrected chi connectivity index (χ0v) is 11.5.